The van der Waals surface area contributed by atoms with Gasteiger partial charge < -0.3 is 23.9 Å². The lowest BCUT2D eigenvalue weighted by Gasteiger charge is -2.47. The molecule has 3 aromatic rings. The Morgan fingerprint density at radius 1 is 0.977 bits per heavy atom. The SMILES string of the molecule is CC1=CCCC2(C)C(CCC2(O)CN2CCN(C(=O)c3ccco3)CC2)c2ccc(cc2C(=O)c2ccco2)CC(O)CC1. The van der Waals surface area contributed by atoms with Crippen LogP contribution in [-0.4, -0.2) is 76.1 Å². The predicted molar refractivity (Wildman–Crippen MR) is 167 cm³/mol. The number of carbonyl (C=O) groups excluding carboxylic acids is 2. The van der Waals surface area contributed by atoms with E-state index < -0.39 is 17.1 Å². The zero-order valence-electron chi connectivity index (χ0n) is 25.8. The first-order valence-corrected chi connectivity index (χ1v) is 16.0. The quantitative estimate of drug-likeness (QED) is 0.290. The summed E-state index contributed by atoms with van der Waals surface area (Å²) >= 11 is 0. The van der Waals surface area contributed by atoms with Crippen molar-refractivity contribution in [2.45, 2.75) is 76.4 Å². The fraction of sp³-hybridized carbons (Fsp3) is 0.500. The van der Waals surface area contributed by atoms with Crippen molar-refractivity contribution in [3.05, 3.63) is 94.9 Å². The van der Waals surface area contributed by atoms with Crippen LogP contribution in [0.4, 0.5) is 0 Å². The van der Waals surface area contributed by atoms with Crippen LogP contribution in [0.25, 0.3) is 0 Å². The fourth-order valence-corrected chi connectivity index (χ4v) is 7.77. The molecule has 8 heteroatoms. The summed E-state index contributed by atoms with van der Waals surface area (Å²) in [4.78, 5) is 30.8. The van der Waals surface area contributed by atoms with Gasteiger partial charge in [-0.15, -0.1) is 0 Å². The molecule has 234 valence electrons. The van der Waals surface area contributed by atoms with Crippen LogP contribution in [0, 0.1) is 5.41 Å². The number of piperazine rings is 1. The van der Waals surface area contributed by atoms with Crippen LogP contribution in [0.1, 0.15) is 96.1 Å². The predicted octanol–water partition coefficient (Wildman–Crippen LogP) is 5.60. The maximum absolute atomic E-state index is 13.8. The second-order valence-corrected chi connectivity index (χ2v) is 13.3. The molecule has 4 unspecified atom stereocenters. The molecule has 4 atom stereocenters. The largest absolute Gasteiger partial charge is 0.461 e. The molecule has 7 rings (SSSR count). The highest BCUT2D eigenvalue weighted by Gasteiger charge is 2.57. The molecule has 44 heavy (non-hydrogen) atoms. The van der Waals surface area contributed by atoms with Crippen LogP contribution in [0.5, 0.6) is 0 Å². The normalized spacial score (nSPS) is 28.4. The summed E-state index contributed by atoms with van der Waals surface area (Å²) < 4.78 is 10.9. The molecule has 1 saturated heterocycles. The summed E-state index contributed by atoms with van der Waals surface area (Å²) in [5.74, 6) is 0.338. The Balaban J connectivity index is 1.30. The third kappa shape index (κ3) is 5.95. The monoisotopic (exact) mass is 600 g/mol. The molecule has 1 aromatic carbocycles. The van der Waals surface area contributed by atoms with Gasteiger partial charge in [-0.3, -0.25) is 14.5 Å². The molecule has 0 radical (unpaired) electrons. The average Bonchev–Trinajstić information content (AvgIpc) is 3.79. The number of fused-ring (bicyclic) bond motifs is 8. The summed E-state index contributed by atoms with van der Waals surface area (Å²) in [5.41, 5.74) is 2.22. The Bertz CT molecular complexity index is 1490. The van der Waals surface area contributed by atoms with Crippen LogP contribution < -0.4 is 0 Å². The zero-order chi connectivity index (χ0) is 30.9. The van der Waals surface area contributed by atoms with Crippen LogP contribution in [-0.2, 0) is 6.42 Å². The van der Waals surface area contributed by atoms with E-state index in [0.717, 1.165) is 36.8 Å². The molecule has 0 spiro atoms. The first-order valence-electron chi connectivity index (χ1n) is 16.0. The molecular weight excluding hydrogens is 556 g/mol. The van der Waals surface area contributed by atoms with Crippen molar-refractivity contribution in [2.24, 2.45) is 5.41 Å². The molecule has 2 fully saturated rings. The van der Waals surface area contributed by atoms with E-state index in [1.807, 2.05) is 17.0 Å². The van der Waals surface area contributed by atoms with Crippen LogP contribution in [0.2, 0.25) is 0 Å². The number of ketones is 1. The number of hydrogen-bond acceptors (Lipinski definition) is 7. The smallest absolute Gasteiger partial charge is 0.289 e. The Morgan fingerprint density at radius 3 is 2.41 bits per heavy atom. The molecule has 2 bridgehead atoms. The van der Waals surface area contributed by atoms with Gasteiger partial charge in [-0.25, -0.2) is 0 Å². The second-order valence-electron chi connectivity index (χ2n) is 13.3. The summed E-state index contributed by atoms with van der Waals surface area (Å²) in [6.07, 6.45) is 9.70. The van der Waals surface area contributed by atoms with Gasteiger partial charge >= 0.3 is 0 Å². The van der Waals surface area contributed by atoms with Gasteiger partial charge in [0.2, 0.25) is 5.78 Å². The van der Waals surface area contributed by atoms with Crippen molar-refractivity contribution in [3.8, 4) is 0 Å². The van der Waals surface area contributed by atoms with Crippen LogP contribution >= 0.6 is 0 Å². The number of hydrogen-bond donors (Lipinski definition) is 2. The van der Waals surface area contributed by atoms with E-state index in [1.165, 1.54) is 18.1 Å². The maximum Gasteiger partial charge on any atom is 0.289 e. The molecule has 3 aliphatic carbocycles. The number of aliphatic hydroxyl groups is 2. The number of aliphatic hydroxyl groups excluding tert-OH is 1. The molecule has 1 aliphatic heterocycles. The minimum absolute atomic E-state index is 0.0427. The molecule has 1 amide bonds. The fourth-order valence-electron chi connectivity index (χ4n) is 7.77. The van der Waals surface area contributed by atoms with Crippen molar-refractivity contribution in [2.75, 3.05) is 32.7 Å². The van der Waals surface area contributed by atoms with Crippen LogP contribution in [0.3, 0.4) is 0 Å². The molecule has 2 N–H and O–H groups in total. The highest BCUT2D eigenvalue weighted by molar-refractivity contribution is 6.08. The van der Waals surface area contributed by atoms with Gasteiger partial charge in [0.05, 0.1) is 24.2 Å². The van der Waals surface area contributed by atoms with Gasteiger partial charge in [-0.1, -0.05) is 30.7 Å². The van der Waals surface area contributed by atoms with E-state index >= 15 is 0 Å². The topological polar surface area (TPSA) is 107 Å². The molecule has 4 aliphatic rings. The lowest BCUT2D eigenvalue weighted by molar-refractivity contribution is -0.0876. The minimum atomic E-state index is -0.983. The number of rotatable bonds is 5. The zero-order valence-corrected chi connectivity index (χ0v) is 25.8. The molecule has 3 heterocycles. The first-order chi connectivity index (χ1) is 21.2. The lowest BCUT2D eigenvalue weighted by Crippen LogP contribution is -2.57. The van der Waals surface area contributed by atoms with E-state index in [2.05, 4.69) is 30.9 Å². The minimum Gasteiger partial charge on any atom is -0.461 e. The summed E-state index contributed by atoms with van der Waals surface area (Å²) in [5, 5.41) is 23.4. The van der Waals surface area contributed by atoms with Gasteiger partial charge in [0, 0.05) is 43.7 Å². The van der Waals surface area contributed by atoms with E-state index in [9.17, 15) is 19.8 Å². The molecule has 8 nitrogen and oxygen atoms in total. The lowest BCUT2D eigenvalue weighted by atomic mass is 9.64. The Morgan fingerprint density at radius 2 is 1.70 bits per heavy atom. The summed E-state index contributed by atoms with van der Waals surface area (Å²) in [7, 11) is 0. The molecule has 1 saturated carbocycles. The Kier molecular flexibility index (Phi) is 8.68. The standard InChI is InChI=1S/C36H44N2O6/c1-25-6-3-14-35(2)30(13-15-36(35,42)24-37-16-18-38(19-17-37)34(41)32-8-5-21-44-32)28-12-10-26(22-27(39)11-9-25)23-29(28)33(40)31-7-4-20-43-31/h4-8,10,12,20-21,23,27,30,39,42H,3,9,11,13-19,22,24H2,1-2H3. The van der Waals surface area contributed by atoms with E-state index in [1.54, 1.807) is 24.3 Å². The van der Waals surface area contributed by atoms with Gasteiger partial charge in [0.1, 0.15) is 0 Å². The van der Waals surface area contributed by atoms with Gasteiger partial charge in [-0.2, -0.15) is 0 Å². The van der Waals surface area contributed by atoms with E-state index in [4.69, 9.17) is 8.83 Å². The number of nitrogens with zero attached hydrogens (tertiary/aromatic N) is 2. The highest BCUT2D eigenvalue weighted by atomic mass is 16.3. The van der Waals surface area contributed by atoms with Crippen molar-refractivity contribution in [3.63, 3.8) is 0 Å². The maximum atomic E-state index is 13.8. The van der Waals surface area contributed by atoms with Crippen molar-refractivity contribution in [1.82, 2.24) is 9.80 Å². The second kappa shape index (κ2) is 12.5. The molecular formula is C36H44N2O6. The third-order valence-electron chi connectivity index (χ3n) is 10.5. The van der Waals surface area contributed by atoms with Gasteiger partial charge in [-0.05, 0) is 99.2 Å². The van der Waals surface area contributed by atoms with Crippen molar-refractivity contribution in [1.29, 1.82) is 0 Å². The number of benzene rings is 1. The average molecular weight is 601 g/mol. The number of carbonyl (C=O) groups is 2. The number of furan rings is 2. The van der Waals surface area contributed by atoms with Crippen LogP contribution in [0.15, 0.2) is 75.5 Å². The number of allylic oxidation sites excluding steroid dienone is 2. The summed E-state index contributed by atoms with van der Waals surface area (Å²) in [6.45, 7) is 7.34. The first kappa shape index (κ1) is 30.6. The molecule has 2 aromatic heterocycles. The van der Waals surface area contributed by atoms with Gasteiger partial charge in [0.25, 0.3) is 5.91 Å². The third-order valence-corrected chi connectivity index (χ3v) is 10.5. The number of β-amino-alcohol motifs (C(OH)–C–C–N with tert-alkyl or cyclic N) is 1. The number of amides is 1. The highest BCUT2D eigenvalue weighted by Crippen LogP contribution is 2.59. The van der Waals surface area contributed by atoms with Gasteiger partial charge in [0.15, 0.2) is 11.5 Å². The Labute approximate surface area is 259 Å². The Hall–Kier alpha value is -3.46. The van der Waals surface area contributed by atoms with Crippen molar-refractivity contribution >= 4 is 11.7 Å². The van der Waals surface area contributed by atoms with E-state index in [-0.39, 0.29) is 17.6 Å². The van der Waals surface area contributed by atoms with E-state index in [0.29, 0.717) is 69.1 Å². The summed E-state index contributed by atoms with van der Waals surface area (Å²) in [6, 6.07) is 12.9. The van der Waals surface area contributed by atoms with Crippen molar-refractivity contribution < 1.29 is 28.6 Å².